The lowest BCUT2D eigenvalue weighted by Crippen LogP contribution is -2.23. The van der Waals surface area contributed by atoms with Gasteiger partial charge in [-0.25, -0.2) is 22.7 Å². The topological polar surface area (TPSA) is 116 Å². The fourth-order valence-electron chi connectivity index (χ4n) is 3.81. The van der Waals surface area contributed by atoms with Gasteiger partial charge in [0.05, 0.1) is 23.3 Å². The Morgan fingerprint density at radius 3 is 2.63 bits per heavy atom. The Labute approximate surface area is 199 Å². The highest BCUT2D eigenvalue weighted by atomic mass is 32.2. The molecule has 0 spiro atoms. The molecule has 0 radical (unpaired) electrons. The first-order valence-electron chi connectivity index (χ1n) is 10.6. The number of ether oxygens (including phenoxy) is 1. The zero-order valence-corrected chi connectivity index (χ0v) is 19.1. The first-order chi connectivity index (χ1) is 16.9. The lowest BCUT2D eigenvalue weighted by Gasteiger charge is -2.10. The van der Waals surface area contributed by atoms with Crippen LogP contribution in [-0.4, -0.2) is 14.4 Å². The van der Waals surface area contributed by atoms with Crippen molar-refractivity contribution in [1.82, 2.24) is 4.72 Å². The van der Waals surface area contributed by atoms with Gasteiger partial charge in [-0.15, -0.1) is 0 Å². The predicted octanol–water partition coefficient (Wildman–Crippen LogP) is 4.37. The van der Waals surface area contributed by atoms with E-state index in [1.54, 1.807) is 18.2 Å². The lowest BCUT2D eigenvalue weighted by molar-refractivity contribution is 0.0473. The van der Waals surface area contributed by atoms with Crippen LogP contribution in [0.5, 0.6) is 0 Å². The second kappa shape index (κ2) is 9.21. The van der Waals surface area contributed by atoms with Crippen LogP contribution < -0.4 is 10.3 Å². The number of nitrogens with one attached hydrogen (secondary N) is 1. The molecular weight excluding hydrogens is 470 g/mol. The summed E-state index contributed by atoms with van der Waals surface area (Å²) in [5.41, 5.74) is 0.376. The van der Waals surface area contributed by atoms with Crippen LogP contribution in [0.3, 0.4) is 0 Å². The number of fused-ring (bicyclic) bond motifs is 3. The number of furan rings is 1. The summed E-state index contributed by atoms with van der Waals surface area (Å²) in [6.07, 6.45) is 1.45. The maximum absolute atomic E-state index is 12.8. The van der Waals surface area contributed by atoms with Crippen molar-refractivity contribution >= 4 is 37.7 Å². The maximum atomic E-state index is 12.8. The summed E-state index contributed by atoms with van der Waals surface area (Å²) < 4.78 is 43.6. The number of carbonyl (C=O) groups excluding carboxylic acids is 1. The number of rotatable bonds is 7. The molecule has 8 nitrogen and oxygen atoms in total. The first kappa shape index (κ1) is 22.6. The van der Waals surface area contributed by atoms with Gasteiger partial charge in [0.25, 0.3) is 0 Å². The van der Waals surface area contributed by atoms with E-state index >= 15 is 0 Å². The van der Waals surface area contributed by atoms with E-state index in [0.29, 0.717) is 22.3 Å². The SMILES string of the molecule is O=C(OCc1cc(=O)oc2ccc3ccccc3c12)c1cccc(S(=O)(=O)NCc2ccco2)c1. The average Bonchev–Trinajstić information content (AvgIpc) is 3.39. The molecule has 3 aromatic carbocycles. The molecule has 5 rings (SSSR count). The fraction of sp³-hybridized carbons (Fsp3) is 0.0769. The van der Waals surface area contributed by atoms with E-state index < -0.39 is 21.6 Å². The molecular formula is C26H19NO7S. The Kier molecular flexibility index (Phi) is 5.94. The summed E-state index contributed by atoms with van der Waals surface area (Å²) in [5.74, 6) is -0.272. The smallest absolute Gasteiger partial charge is 0.338 e. The van der Waals surface area contributed by atoms with Crippen molar-refractivity contribution in [3.05, 3.63) is 112 Å². The van der Waals surface area contributed by atoms with Crippen LogP contribution in [0.2, 0.25) is 0 Å². The van der Waals surface area contributed by atoms with Crippen LogP contribution in [-0.2, 0) is 27.9 Å². The predicted molar refractivity (Wildman–Crippen MR) is 128 cm³/mol. The van der Waals surface area contributed by atoms with E-state index in [0.717, 1.165) is 10.8 Å². The normalized spacial score (nSPS) is 11.7. The van der Waals surface area contributed by atoms with Crippen molar-refractivity contribution in [2.45, 2.75) is 18.0 Å². The monoisotopic (exact) mass is 489 g/mol. The van der Waals surface area contributed by atoms with Gasteiger partial charge in [0.1, 0.15) is 18.0 Å². The van der Waals surface area contributed by atoms with Crippen molar-refractivity contribution in [2.75, 3.05) is 0 Å². The summed E-state index contributed by atoms with van der Waals surface area (Å²) in [6, 6.07) is 21.3. The number of sulfonamides is 1. The zero-order chi connectivity index (χ0) is 24.4. The third-order valence-corrected chi connectivity index (χ3v) is 6.87. The molecule has 0 saturated heterocycles. The van der Waals surface area contributed by atoms with E-state index in [1.165, 1.54) is 36.6 Å². The third-order valence-electron chi connectivity index (χ3n) is 5.47. The summed E-state index contributed by atoms with van der Waals surface area (Å²) >= 11 is 0. The Morgan fingerprint density at radius 1 is 0.943 bits per heavy atom. The van der Waals surface area contributed by atoms with Crippen LogP contribution in [0.4, 0.5) is 0 Å². The van der Waals surface area contributed by atoms with Gasteiger partial charge in [-0.05, 0) is 47.2 Å². The highest BCUT2D eigenvalue weighted by Gasteiger charge is 2.18. The van der Waals surface area contributed by atoms with Crippen LogP contribution in [0.25, 0.3) is 21.7 Å². The molecule has 1 N–H and O–H groups in total. The van der Waals surface area contributed by atoms with Gasteiger partial charge >= 0.3 is 11.6 Å². The standard InChI is InChI=1S/C26H19NO7S/c28-24-14-19(25-22-9-2-1-5-17(22)10-11-23(25)34-24)16-33-26(29)18-6-3-8-21(13-18)35(30,31)27-15-20-7-4-12-32-20/h1-14,27H,15-16H2. The maximum Gasteiger partial charge on any atom is 0.338 e. The van der Waals surface area contributed by atoms with Crippen molar-refractivity contribution in [1.29, 1.82) is 0 Å². The highest BCUT2D eigenvalue weighted by molar-refractivity contribution is 7.89. The summed E-state index contributed by atoms with van der Waals surface area (Å²) in [4.78, 5) is 24.8. The quantitative estimate of drug-likeness (QED) is 0.205. The van der Waals surface area contributed by atoms with Gasteiger partial charge in [-0.3, -0.25) is 0 Å². The largest absolute Gasteiger partial charge is 0.468 e. The highest BCUT2D eigenvalue weighted by Crippen LogP contribution is 2.28. The number of esters is 1. The molecule has 176 valence electrons. The summed E-state index contributed by atoms with van der Waals surface area (Å²) in [6.45, 7) is -0.218. The molecule has 0 aliphatic heterocycles. The van der Waals surface area contributed by atoms with Crippen molar-refractivity contribution in [3.8, 4) is 0 Å². The fourth-order valence-corrected chi connectivity index (χ4v) is 4.85. The number of carbonyl (C=O) groups is 1. The molecule has 0 aliphatic carbocycles. The molecule has 0 atom stereocenters. The van der Waals surface area contributed by atoms with Crippen LogP contribution in [0.15, 0.2) is 104 Å². The molecule has 0 unspecified atom stereocenters. The van der Waals surface area contributed by atoms with E-state index in [9.17, 15) is 18.0 Å². The van der Waals surface area contributed by atoms with Gasteiger partial charge in [-0.2, -0.15) is 0 Å². The Balaban J connectivity index is 1.38. The number of hydrogen-bond acceptors (Lipinski definition) is 7. The zero-order valence-electron chi connectivity index (χ0n) is 18.3. The summed E-state index contributed by atoms with van der Waals surface area (Å²) in [7, 11) is -3.89. The van der Waals surface area contributed by atoms with Crippen molar-refractivity contribution in [3.63, 3.8) is 0 Å². The second-order valence-corrected chi connectivity index (χ2v) is 9.53. The van der Waals surface area contributed by atoms with Crippen LogP contribution in [0, 0.1) is 0 Å². The van der Waals surface area contributed by atoms with E-state index in [-0.39, 0.29) is 23.6 Å². The minimum absolute atomic E-state index is 0.0262. The molecule has 9 heteroatoms. The van der Waals surface area contributed by atoms with Gasteiger partial charge < -0.3 is 13.6 Å². The van der Waals surface area contributed by atoms with Gasteiger partial charge in [0.2, 0.25) is 10.0 Å². The molecule has 35 heavy (non-hydrogen) atoms. The van der Waals surface area contributed by atoms with E-state index in [1.807, 2.05) is 30.3 Å². The van der Waals surface area contributed by atoms with Crippen LogP contribution >= 0.6 is 0 Å². The average molecular weight is 490 g/mol. The Morgan fingerprint density at radius 2 is 1.80 bits per heavy atom. The van der Waals surface area contributed by atoms with Gasteiger partial charge in [0, 0.05) is 17.0 Å². The second-order valence-electron chi connectivity index (χ2n) is 7.76. The van der Waals surface area contributed by atoms with Gasteiger partial charge in [-0.1, -0.05) is 36.4 Å². The minimum atomic E-state index is -3.89. The minimum Gasteiger partial charge on any atom is -0.468 e. The molecule has 2 heterocycles. The molecule has 0 saturated carbocycles. The van der Waals surface area contributed by atoms with Crippen molar-refractivity contribution in [2.24, 2.45) is 0 Å². The van der Waals surface area contributed by atoms with Gasteiger partial charge in [0.15, 0.2) is 0 Å². The summed E-state index contributed by atoms with van der Waals surface area (Å²) in [5, 5.41) is 2.48. The third kappa shape index (κ3) is 4.72. The number of benzene rings is 3. The van der Waals surface area contributed by atoms with E-state index in [4.69, 9.17) is 13.6 Å². The van der Waals surface area contributed by atoms with Crippen LogP contribution in [0.1, 0.15) is 21.7 Å². The molecule has 2 aromatic heterocycles. The lowest BCUT2D eigenvalue weighted by atomic mass is 10.0. The van der Waals surface area contributed by atoms with Crippen molar-refractivity contribution < 1.29 is 26.8 Å². The molecule has 0 aliphatic rings. The molecule has 0 fully saturated rings. The number of hydrogen-bond donors (Lipinski definition) is 1. The Bertz CT molecular complexity index is 1700. The molecule has 0 bridgehead atoms. The molecule has 5 aromatic rings. The van der Waals surface area contributed by atoms with E-state index in [2.05, 4.69) is 4.72 Å². The first-order valence-corrected chi connectivity index (χ1v) is 12.1. The Hall–Kier alpha value is -4.21. The molecule has 0 amide bonds.